The number of hydrogen-bond acceptors (Lipinski definition) is 7. The third-order valence-corrected chi connectivity index (χ3v) is 7.93. The normalized spacial score (nSPS) is 14.3. The maximum atomic E-state index is 13.1. The number of methoxy groups -OCH3 is 1. The molecule has 1 aliphatic carbocycles. The number of aromatic amines is 1. The van der Waals surface area contributed by atoms with Crippen LogP contribution in [-0.2, 0) is 0 Å². The largest absolute Gasteiger partial charge is 0.496 e. The van der Waals surface area contributed by atoms with E-state index in [1.165, 1.54) is 49.0 Å². The molecule has 2 aromatic carbocycles. The van der Waals surface area contributed by atoms with Crippen molar-refractivity contribution in [1.82, 2.24) is 20.6 Å². The molecule has 1 fully saturated rings. The van der Waals surface area contributed by atoms with Gasteiger partial charge in [0.05, 0.1) is 11.6 Å². The molecule has 0 unspecified atom stereocenters. The molecular formula is C24H24BrN5O3S. The number of nitrogens with one attached hydrogen (secondary N) is 2. The lowest BCUT2D eigenvalue weighted by Gasteiger charge is -2.22. The number of carbonyl (C=O) groups excluding carboxylic acids is 1. The number of amides is 1. The summed E-state index contributed by atoms with van der Waals surface area (Å²) in [4.78, 5) is 13.5. The standard InChI is InChI=1S/C24H24BrN5O3S/c1-13-10-20-16(12-19(13)32-2)21(22(34-20)23(31)26-24-27-29-30-28-24)33-18-9-8-15(11-17(18)25)14-6-4-3-5-7-14/h8-12,14H,3-7H2,1-2H3,(H2,26,27,28,29,30,31). The summed E-state index contributed by atoms with van der Waals surface area (Å²) in [6, 6.07) is 10.2. The first kappa shape index (κ1) is 22.8. The Morgan fingerprint density at radius 2 is 2.00 bits per heavy atom. The quantitative estimate of drug-likeness (QED) is 0.285. The van der Waals surface area contributed by atoms with Crippen LogP contribution in [0.15, 0.2) is 34.8 Å². The van der Waals surface area contributed by atoms with Gasteiger partial charge < -0.3 is 9.47 Å². The summed E-state index contributed by atoms with van der Waals surface area (Å²) in [5.74, 6) is 2.15. The minimum atomic E-state index is -0.371. The highest BCUT2D eigenvalue weighted by molar-refractivity contribution is 9.10. The van der Waals surface area contributed by atoms with E-state index in [0.717, 1.165) is 25.9 Å². The number of thiophene rings is 1. The van der Waals surface area contributed by atoms with Crippen LogP contribution in [0, 0.1) is 6.92 Å². The molecule has 0 spiro atoms. The molecule has 0 atom stereocenters. The number of carbonyl (C=O) groups is 1. The number of anilines is 1. The zero-order chi connectivity index (χ0) is 23.7. The molecule has 1 amide bonds. The highest BCUT2D eigenvalue weighted by Crippen LogP contribution is 2.45. The number of tetrazole rings is 1. The molecule has 0 aliphatic heterocycles. The van der Waals surface area contributed by atoms with Crippen LogP contribution in [0.4, 0.5) is 5.95 Å². The lowest BCUT2D eigenvalue weighted by atomic mass is 9.84. The van der Waals surface area contributed by atoms with Crippen molar-refractivity contribution in [2.75, 3.05) is 12.4 Å². The van der Waals surface area contributed by atoms with Gasteiger partial charge in [0.2, 0.25) is 0 Å². The van der Waals surface area contributed by atoms with E-state index in [1.807, 2.05) is 25.1 Å². The minimum Gasteiger partial charge on any atom is -0.496 e. The second-order valence-corrected chi connectivity index (χ2v) is 10.3. The summed E-state index contributed by atoms with van der Waals surface area (Å²) in [5.41, 5.74) is 2.30. The number of hydrogen-bond donors (Lipinski definition) is 2. The van der Waals surface area contributed by atoms with Crippen LogP contribution < -0.4 is 14.8 Å². The van der Waals surface area contributed by atoms with E-state index >= 15 is 0 Å². The van der Waals surface area contributed by atoms with Crippen molar-refractivity contribution >= 4 is 49.2 Å². The van der Waals surface area contributed by atoms with Crippen LogP contribution >= 0.6 is 27.3 Å². The van der Waals surface area contributed by atoms with Gasteiger partial charge in [-0.25, -0.2) is 0 Å². The van der Waals surface area contributed by atoms with E-state index in [-0.39, 0.29) is 11.9 Å². The summed E-state index contributed by atoms with van der Waals surface area (Å²) in [6.45, 7) is 1.97. The number of aryl methyl sites for hydroxylation is 1. The Kier molecular flexibility index (Phi) is 6.51. The second kappa shape index (κ2) is 9.71. The third kappa shape index (κ3) is 4.52. The maximum absolute atomic E-state index is 13.1. The molecule has 10 heteroatoms. The van der Waals surface area contributed by atoms with Gasteiger partial charge in [0.25, 0.3) is 11.9 Å². The van der Waals surface area contributed by atoms with Gasteiger partial charge in [-0.05, 0) is 82.2 Å². The lowest BCUT2D eigenvalue weighted by molar-refractivity contribution is 0.102. The van der Waals surface area contributed by atoms with Gasteiger partial charge in [-0.1, -0.05) is 30.4 Å². The zero-order valence-corrected chi connectivity index (χ0v) is 21.3. The summed E-state index contributed by atoms with van der Waals surface area (Å²) in [7, 11) is 1.63. The number of aromatic nitrogens is 4. The predicted octanol–water partition coefficient (Wildman–Crippen LogP) is 6.59. The van der Waals surface area contributed by atoms with Crippen molar-refractivity contribution < 1.29 is 14.3 Å². The molecule has 1 aliphatic rings. The monoisotopic (exact) mass is 541 g/mol. The molecule has 2 N–H and O–H groups in total. The average Bonchev–Trinajstić information content (AvgIpc) is 3.48. The molecule has 8 nitrogen and oxygen atoms in total. The molecule has 0 radical (unpaired) electrons. The number of benzene rings is 2. The molecule has 4 aromatic rings. The minimum absolute atomic E-state index is 0.0974. The van der Waals surface area contributed by atoms with Crippen molar-refractivity contribution in [3.63, 3.8) is 0 Å². The fraction of sp³-hybridized carbons (Fsp3) is 0.333. The van der Waals surface area contributed by atoms with Crippen molar-refractivity contribution in [2.45, 2.75) is 44.9 Å². The van der Waals surface area contributed by atoms with Crippen LogP contribution in [0.1, 0.15) is 58.8 Å². The summed E-state index contributed by atoms with van der Waals surface area (Å²) in [6.07, 6.45) is 6.33. The van der Waals surface area contributed by atoms with Crippen molar-refractivity contribution in [3.05, 3.63) is 50.8 Å². The Morgan fingerprint density at radius 1 is 1.18 bits per heavy atom. The molecular weight excluding hydrogens is 518 g/mol. The summed E-state index contributed by atoms with van der Waals surface area (Å²) in [5, 5.41) is 16.9. The predicted molar refractivity (Wildman–Crippen MR) is 135 cm³/mol. The molecule has 0 bridgehead atoms. The Morgan fingerprint density at radius 3 is 2.71 bits per heavy atom. The van der Waals surface area contributed by atoms with Crippen LogP contribution in [0.3, 0.4) is 0 Å². The molecule has 1 saturated carbocycles. The Labute approximate surface area is 209 Å². The van der Waals surface area contributed by atoms with Gasteiger partial charge >= 0.3 is 0 Å². The number of fused-ring (bicyclic) bond motifs is 1. The topological polar surface area (TPSA) is 102 Å². The smallest absolute Gasteiger partial charge is 0.272 e. The molecule has 2 aromatic heterocycles. The van der Waals surface area contributed by atoms with Gasteiger partial charge in [0.15, 0.2) is 5.75 Å². The second-order valence-electron chi connectivity index (χ2n) is 8.39. The highest BCUT2D eigenvalue weighted by atomic mass is 79.9. The Balaban J connectivity index is 1.53. The van der Waals surface area contributed by atoms with Crippen molar-refractivity contribution in [1.29, 1.82) is 0 Å². The average molecular weight is 542 g/mol. The third-order valence-electron chi connectivity index (χ3n) is 6.18. The van der Waals surface area contributed by atoms with E-state index in [1.54, 1.807) is 7.11 Å². The van der Waals surface area contributed by atoms with E-state index in [9.17, 15) is 4.79 Å². The SMILES string of the molecule is COc1cc2c(Oc3ccc(C4CCCCC4)cc3Br)c(C(=O)Nc3nn[nH]n3)sc2cc1C. The van der Waals surface area contributed by atoms with Gasteiger partial charge in [0, 0.05) is 10.1 Å². The van der Waals surface area contributed by atoms with Gasteiger partial charge in [-0.3, -0.25) is 10.1 Å². The number of ether oxygens (including phenoxy) is 2. The van der Waals surface area contributed by atoms with Crippen molar-refractivity contribution in [2.24, 2.45) is 0 Å². The van der Waals surface area contributed by atoms with E-state index in [4.69, 9.17) is 9.47 Å². The van der Waals surface area contributed by atoms with Crippen LogP contribution in [0.2, 0.25) is 0 Å². The van der Waals surface area contributed by atoms with E-state index in [0.29, 0.717) is 22.3 Å². The number of nitrogens with zero attached hydrogens (tertiary/aromatic N) is 3. The molecule has 5 rings (SSSR count). The Hall–Kier alpha value is -2.98. The van der Waals surface area contributed by atoms with Crippen LogP contribution in [-0.4, -0.2) is 33.6 Å². The summed E-state index contributed by atoms with van der Waals surface area (Å²) < 4.78 is 13.7. The van der Waals surface area contributed by atoms with E-state index < -0.39 is 0 Å². The van der Waals surface area contributed by atoms with Crippen molar-refractivity contribution in [3.8, 4) is 17.2 Å². The molecule has 34 heavy (non-hydrogen) atoms. The fourth-order valence-corrected chi connectivity index (χ4v) is 6.03. The van der Waals surface area contributed by atoms with Gasteiger partial charge in [0.1, 0.15) is 16.4 Å². The zero-order valence-electron chi connectivity index (χ0n) is 18.9. The maximum Gasteiger partial charge on any atom is 0.272 e. The van der Waals surface area contributed by atoms with Gasteiger partial charge in [-0.15, -0.1) is 16.4 Å². The summed E-state index contributed by atoms with van der Waals surface area (Å²) >= 11 is 5.04. The van der Waals surface area contributed by atoms with E-state index in [2.05, 4.69) is 54.0 Å². The molecule has 176 valence electrons. The first-order valence-electron chi connectivity index (χ1n) is 11.2. The molecule has 2 heterocycles. The van der Waals surface area contributed by atoms with Crippen LogP contribution in [0.25, 0.3) is 10.1 Å². The van der Waals surface area contributed by atoms with Crippen LogP contribution in [0.5, 0.6) is 17.2 Å². The first-order valence-corrected chi connectivity index (χ1v) is 12.8. The fourth-order valence-electron chi connectivity index (χ4n) is 4.45. The van der Waals surface area contributed by atoms with Gasteiger partial charge in [-0.2, -0.15) is 5.21 Å². The number of halogens is 1. The number of H-pyrrole nitrogens is 1. The lowest BCUT2D eigenvalue weighted by Crippen LogP contribution is -2.12. The molecule has 0 saturated heterocycles. The number of rotatable bonds is 6. The highest BCUT2D eigenvalue weighted by Gasteiger charge is 2.24. The first-order chi connectivity index (χ1) is 16.5. The Bertz CT molecular complexity index is 1330.